The Kier molecular flexibility index (Phi) is 4.69. The highest BCUT2D eigenvalue weighted by Gasteiger charge is 2.01. The lowest BCUT2D eigenvalue weighted by atomic mass is 10.2. The maximum atomic E-state index is 12.9. The Balaban J connectivity index is 2.66. The summed E-state index contributed by atoms with van der Waals surface area (Å²) in [5.41, 5.74) is 8.49. The lowest BCUT2D eigenvalue weighted by Gasteiger charge is -1.95. The molecule has 0 radical (unpaired) electrons. The molecule has 0 aliphatic rings. The molecular formula is C10H9FN4O. The monoisotopic (exact) mass is 220 g/mol. The molecular weight excluding hydrogens is 211 g/mol. The van der Waals surface area contributed by atoms with Gasteiger partial charge < -0.3 is 0 Å². The Bertz CT molecular complexity index is 452. The SMILES string of the molecule is [N-]=[N+]=NCCC=Cc1cc(C=O)c(F)cn1. The van der Waals surface area contributed by atoms with Crippen molar-refractivity contribution >= 4 is 12.4 Å². The quantitative estimate of drug-likeness (QED) is 0.251. The van der Waals surface area contributed by atoms with Crippen LogP contribution in [0.15, 0.2) is 23.5 Å². The van der Waals surface area contributed by atoms with Gasteiger partial charge in [-0.15, -0.1) is 0 Å². The van der Waals surface area contributed by atoms with E-state index >= 15 is 0 Å². The van der Waals surface area contributed by atoms with Crippen molar-refractivity contribution in [1.29, 1.82) is 0 Å². The van der Waals surface area contributed by atoms with Crippen LogP contribution in [0.5, 0.6) is 0 Å². The normalized spacial score (nSPS) is 10.1. The lowest BCUT2D eigenvalue weighted by Crippen LogP contribution is -1.91. The molecule has 0 spiro atoms. The summed E-state index contributed by atoms with van der Waals surface area (Å²) in [5, 5.41) is 3.34. The fourth-order valence-corrected chi connectivity index (χ4v) is 1.03. The predicted molar refractivity (Wildman–Crippen MR) is 57.2 cm³/mol. The van der Waals surface area contributed by atoms with Crippen LogP contribution >= 0.6 is 0 Å². The summed E-state index contributed by atoms with van der Waals surface area (Å²) in [4.78, 5) is 16.8. The number of hydrogen-bond donors (Lipinski definition) is 0. The van der Waals surface area contributed by atoms with E-state index in [0.717, 1.165) is 6.20 Å². The molecule has 1 aromatic heterocycles. The van der Waals surface area contributed by atoms with Gasteiger partial charge in [0.25, 0.3) is 0 Å². The van der Waals surface area contributed by atoms with Crippen molar-refractivity contribution < 1.29 is 9.18 Å². The van der Waals surface area contributed by atoms with E-state index in [1.54, 1.807) is 12.2 Å². The van der Waals surface area contributed by atoms with E-state index in [1.165, 1.54) is 6.07 Å². The maximum Gasteiger partial charge on any atom is 0.153 e. The number of hydrogen-bond acceptors (Lipinski definition) is 3. The Morgan fingerprint density at radius 3 is 3.12 bits per heavy atom. The first-order valence-electron chi connectivity index (χ1n) is 4.56. The molecule has 0 aliphatic carbocycles. The highest BCUT2D eigenvalue weighted by molar-refractivity contribution is 5.76. The molecule has 0 aliphatic heterocycles. The van der Waals surface area contributed by atoms with Crippen LogP contribution < -0.4 is 0 Å². The van der Waals surface area contributed by atoms with Gasteiger partial charge in [-0.25, -0.2) is 4.39 Å². The Morgan fingerprint density at radius 1 is 1.62 bits per heavy atom. The van der Waals surface area contributed by atoms with E-state index in [1.807, 2.05) is 0 Å². The Hall–Kier alpha value is -2.20. The average Bonchev–Trinajstić information content (AvgIpc) is 2.31. The van der Waals surface area contributed by atoms with Gasteiger partial charge in [0, 0.05) is 11.5 Å². The minimum atomic E-state index is -0.638. The number of rotatable bonds is 5. The smallest absolute Gasteiger partial charge is 0.153 e. The third-order valence-corrected chi connectivity index (χ3v) is 1.78. The number of carbonyl (C=O) groups is 1. The summed E-state index contributed by atoms with van der Waals surface area (Å²) in [6.45, 7) is 0.356. The van der Waals surface area contributed by atoms with Crippen molar-refractivity contribution in [1.82, 2.24) is 4.98 Å². The summed E-state index contributed by atoms with van der Waals surface area (Å²) < 4.78 is 12.9. The van der Waals surface area contributed by atoms with Crippen molar-refractivity contribution in [2.45, 2.75) is 6.42 Å². The first-order chi connectivity index (χ1) is 7.77. The molecule has 82 valence electrons. The summed E-state index contributed by atoms with van der Waals surface area (Å²) in [6.07, 6.45) is 5.38. The Labute approximate surface area is 91.2 Å². The van der Waals surface area contributed by atoms with E-state index in [2.05, 4.69) is 15.0 Å². The van der Waals surface area contributed by atoms with Gasteiger partial charge in [-0.05, 0) is 24.1 Å². The standard InChI is InChI=1S/C10H9FN4O/c11-10-6-13-9(5-8(10)7-16)3-1-2-4-14-15-12/h1,3,5-7H,2,4H2. The van der Waals surface area contributed by atoms with Gasteiger partial charge in [-0.2, -0.15) is 0 Å². The molecule has 0 atom stereocenters. The molecule has 0 saturated heterocycles. The number of azide groups is 1. The van der Waals surface area contributed by atoms with Gasteiger partial charge in [0.2, 0.25) is 0 Å². The van der Waals surface area contributed by atoms with Gasteiger partial charge in [0.1, 0.15) is 0 Å². The van der Waals surface area contributed by atoms with Crippen molar-refractivity contribution in [3.63, 3.8) is 0 Å². The van der Waals surface area contributed by atoms with E-state index < -0.39 is 5.82 Å². The lowest BCUT2D eigenvalue weighted by molar-refractivity contribution is 0.111. The van der Waals surface area contributed by atoms with Crippen molar-refractivity contribution in [3.8, 4) is 0 Å². The van der Waals surface area contributed by atoms with E-state index in [9.17, 15) is 9.18 Å². The van der Waals surface area contributed by atoms with Crippen molar-refractivity contribution in [2.75, 3.05) is 6.54 Å². The van der Waals surface area contributed by atoms with E-state index in [4.69, 9.17) is 5.53 Å². The van der Waals surface area contributed by atoms with Crippen LogP contribution in [-0.2, 0) is 0 Å². The minimum absolute atomic E-state index is 0.0234. The highest BCUT2D eigenvalue weighted by atomic mass is 19.1. The molecule has 6 heteroatoms. The summed E-state index contributed by atoms with van der Waals surface area (Å²) in [6, 6.07) is 1.35. The van der Waals surface area contributed by atoms with Crippen LogP contribution in [-0.4, -0.2) is 17.8 Å². The van der Waals surface area contributed by atoms with Crippen LogP contribution in [0.25, 0.3) is 16.5 Å². The molecule has 1 aromatic rings. The average molecular weight is 220 g/mol. The fourth-order valence-electron chi connectivity index (χ4n) is 1.03. The number of pyridine rings is 1. The highest BCUT2D eigenvalue weighted by Crippen LogP contribution is 2.07. The number of halogens is 1. The van der Waals surface area contributed by atoms with Gasteiger partial charge in [0.15, 0.2) is 12.1 Å². The van der Waals surface area contributed by atoms with Crippen molar-refractivity contribution in [3.05, 3.63) is 45.9 Å². The number of nitrogens with zero attached hydrogens (tertiary/aromatic N) is 4. The molecule has 5 nitrogen and oxygen atoms in total. The van der Waals surface area contributed by atoms with Crippen LogP contribution in [0, 0.1) is 5.82 Å². The number of aldehydes is 1. The zero-order valence-corrected chi connectivity index (χ0v) is 8.38. The second-order valence-electron chi connectivity index (χ2n) is 2.89. The van der Waals surface area contributed by atoms with Gasteiger partial charge in [0.05, 0.1) is 17.5 Å². The van der Waals surface area contributed by atoms with Gasteiger partial charge in [-0.1, -0.05) is 11.2 Å². The molecule has 0 saturated carbocycles. The van der Waals surface area contributed by atoms with Crippen LogP contribution in [0.4, 0.5) is 4.39 Å². The first-order valence-corrected chi connectivity index (χ1v) is 4.56. The third-order valence-electron chi connectivity index (χ3n) is 1.78. The van der Waals surface area contributed by atoms with Gasteiger partial charge in [-0.3, -0.25) is 9.78 Å². The van der Waals surface area contributed by atoms with Crippen LogP contribution in [0.1, 0.15) is 22.5 Å². The number of carbonyl (C=O) groups excluding carboxylic acids is 1. The zero-order valence-electron chi connectivity index (χ0n) is 8.38. The summed E-state index contributed by atoms with van der Waals surface area (Å²) in [5.74, 6) is -0.638. The second kappa shape index (κ2) is 6.31. The largest absolute Gasteiger partial charge is 0.298 e. The van der Waals surface area contributed by atoms with Crippen molar-refractivity contribution in [2.24, 2.45) is 5.11 Å². The minimum Gasteiger partial charge on any atom is -0.298 e. The molecule has 0 bridgehead atoms. The molecule has 1 heterocycles. The second-order valence-corrected chi connectivity index (χ2v) is 2.89. The zero-order chi connectivity index (χ0) is 11.8. The number of aromatic nitrogens is 1. The fraction of sp³-hybridized carbons (Fsp3) is 0.200. The molecule has 0 aromatic carbocycles. The van der Waals surface area contributed by atoms with E-state index in [-0.39, 0.29) is 5.56 Å². The summed E-state index contributed by atoms with van der Waals surface area (Å²) in [7, 11) is 0. The Morgan fingerprint density at radius 2 is 2.44 bits per heavy atom. The summed E-state index contributed by atoms with van der Waals surface area (Å²) >= 11 is 0. The molecule has 0 unspecified atom stereocenters. The topological polar surface area (TPSA) is 78.7 Å². The molecule has 16 heavy (non-hydrogen) atoms. The maximum absolute atomic E-state index is 12.9. The van der Waals surface area contributed by atoms with Crippen LogP contribution in [0.3, 0.4) is 0 Å². The first kappa shape index (κ1) is 11.9. The molecule has 0 N–H and O–H groups in total. The predicted octanol–water partition coefficient (Wildman–Crippen LogP) is 2.75. The molecule has 1 rings (SSSR count). The molecule has 0 amide bonds. The van der Waals surface area contributed by atoms with Crippen LogP contribution in [0.2, 0.25) is 0 Å². The molecule has 0 fully saturated rings. The van der Waals surface area contributed by atoms with E-state index in [0.29, 0.717) is 24.9 Å². The van der Waals surface area contributed by atoms with Gasteiger partial charge >= 0.3 is 0 Å². The third kappa shape index (κ3) is 3.51.